The van der Waals surface area contributed by atoms with Crippen LogP contribution in [0.1, 0.15) is 20.8 Å². The average molecular weight is 206 g/mol. The van der Waals surface area contributed by atoms with Gasteiger partial charge in [-0.05, 0) is 20.8 Å². The lowest BCUT2D eigenvalue weighted by Gasteiger charge is -2.23. The predicted molar refractivity (Wildman–Crippen MR) is 53.9 cm³/mol. The van der Waals surface area contributed by atoms with E-state index in [0.29, 0.717) is 0 Å². The molecule has 13 heavy (non-hydrogen) atoms. The highest BCUT2D eigenvalue weighted by Gasteiger charge is 2.26. The molecule has 0 spiro atoms. The van der Waals surface area contributed by atoms with E-state index in [9.17, 15) is 8.94 Å². The van der Waals surface area contributed by atoms with Gasteiger partial charge in [-0.3, -0.25) is 0 Å². The van der Waals surface area contributed by atoms with Crippen molar-refractivity contribution in [1.29, 1.82) is 5.41 Å². The Balaban J connectivity index is 3.91. The summed E-state index contributed by atoms with van der Waals surface area (Å²) in [6.07, 6.45) is 0. The maximum absolute atomic E-state index is 12.3. The Morgan fingerprint density at radius 1 is 1.62 bits per heavy atom. The molecule has 0 saturated carbocycles. The van der Waals surface area contributed by atoms with Gasteiger partial charge in [-0.25, -0.2) is 4.39 Å². The van der Waals surface area contributed by atoms with Gasteiger partial charge in [0, 0.05) is 11.4 Å². The van der Waals surface area contributed by atoms with Gasteiger partial charge in [0.05, 0.1) is 12.3 Å². The Labute approximate surface area is 81.2 Å². The van der Waals surface area contributed by atoms with Crippen molar-refractivity contribution in [3.05, 3.63) is 12.4 Å². The van der Waals surface area contributed by atoms with Crippen molar-refractivity contribution in [3.8, 4) is 0 Å². The van der Waals surface area contributed by atoms with Crippen molar-refractivity contribution >= 4 is 17.1 Å². The second-order valence-electron chi connectivity index (χ2n) is 3.59. The summed E-state index contributed by atoms with van der Waals surface area (Å²) in [5.74, 6) is -0.793. The second kappa shape index (κ2) is 4.74. The van der Waals surface area contributed by atoms with Crippen LogP contribution in [0.3, 0.4) is 0 Å². The van der Waals surface area contributed by atoms with Gasteiger partial charge in [0.25, 0.3) is 0 Å². The van der Waals surface area contributed by atoms with Crippen LogP contribution in [0.4, 0.5) is 4.39 Å². The van der Waals surface area contributed by atoms with Crippen LogP contribution in [0.5, 0.6) is 0 Å². The normalized spacial score (nSPS) is 13.9. The summed E-state index contributed by atoms with van der Waals surface area (Å²) in [6.45, 7) is 8.30. The molecule has 0 aliphatic rings. The van der Waals surface area contributed by atoms with Crippen LogP contribution in [-0.4, -0.2) is 21.6 Å². The summed E-state index contributed by atoms with van der Waals surface area (Å²) in [5, 5.41) is 7.07. The molecule has 0 bridgehead atoms. The van der Waals surface area contributed by atoms with Crippen LogP contribution < -0.4 is 4.72 Å². The third-order valence-electron chi connectivity index (χ3n) is 1.26. The molecular formula is C8H15FN2OS. The molecule has 0 saturated heterocycles. The lowest BCUT2D eigenvalue weighted by atomic mass is 10.3. The quantitative estimate of drug-likeness (QED) is 0.541. The molecule has 0 aliphatic carbocycles. The van der Waals surface area contributed by atoms with Gasteiger partial charge in [-0.2, -0.15) is 0 Å². The Morgan fingerprint density at radius 3 is 2.38 bits per heavy atom. The molecule has 0 rings (SSSR count). The lowest BCUT2D eigenvalue weighted by Crippen LogP contribution is -2.41. The van der Waals surface area contributed by atoms with Gasteiger partial charge in [-0.1, -0.05) is 6.58 Å². The summed E-state index contributed by atoms with van der Waals surface area (Å²) in [6, 6.07) is 0. The first-order valence-corrected chi connectivity index (χ1v) is 4.97. The van der Waals surface area contributed by atoms with Crippen LogP contribution in [0.15, 0.2) is 12.4 Å². The SMILES string of the molecule is C=C(F)C(=N)CN[S+]([O-])C(C)(C)C. The van der Waals surface area contributed by atoms with Gasteiger partial charge in [-0.15, -0.1) is 4.72 Å². The van der Waals surface area contributed by atoms with Crippen molar-refractivity contribution in [2.24, 2.45) is 0 Å². The van der Waals surface area contributed by atoms with Crippen LogP contribution in [-0.2, 0) is 11.4 Å². The van der Waals surface area contributed by atoms with Gasteiger partial charge >= 0.3 is 0 Å². The zero-order chi connectivity index (χ0) is 10.6. The minimum atomic E-state index is -1.27. The number of hydrogen-bond acceptors (Lipinski definition) is 3. The van der Waals surface area contributed by atoms with Crippen molar-refractivity contribution in [3.63, 3.8) is 0 Å². The van der Waals surface area contributed by atoms with Crippen LogP contribution in [0.2, 0.25) is 0 Å². The first-order chi connectivity index (χ1) is 5.75. The zero-order valence-corrected chi connectivity index (χ0v) is 8.93. The van der Waals surface area contributed by atoms with E-state index in [2.05, 4.69) is 11.3 Å². The topological polar surface area (TPSA) is 58.9 Å². The van der Waals surface area contributed by atoms with E-state index in [1.54, 1.807) is 20.8 Å². The number of halogens is 1. The van der Waals surface area contributed by atoms with Crippen LogP contribution in [0.25, 0.3) is 0 Å². The molecule has 1 unspecified atom stereocenters. The van der Waals surface area contributed by atoms with Crippen molar-refractivity contribution < 1.29 is 8.94 Å². The maximum Gasteiger partial charge on any atom is 0.138 e. The van der Waals surface area contributed by atoms with Gasteiger partial charge in [0.2, 0.25) is 0 Å². The molecule has 1 atom stereocenters. The minimum absolute atomic E-state index is 0.0563. The highest BCUT2D eigenvalue weighted by atomic mass is 32.2. The van der Waals surface area contributed by atoms with E-state index >= 15 is 0 Å². The summed E-state index contributed by atoms with van der Waals surface area (Å²) >= 11 is -1.27. The molecule has 5 heteroatoms. The second-order valence-corrected chi connectivity index (χ2v) is 5.64. The minimum Gasteiger partial charge on any atom is -0.598 e. The van der Waals surface area contributed by atoms with E-state index in [0.717, 1.165) is 0 Å². The average Bonchev–Trinajstić information content (AvgIpc) is 1.97. The van der Waals surface area contributed by atoms with E-state index in [1.165, 1.54) is 0 Å². The fourth-order valence-corrected chi connectivity index (χ4v) is 1.16. The summed E-state index contributed by atoms with van der Waals surface area (Å²) in [4.78, 5) is 0. The molecule has 0 radical (unpaired) electrons. The first-order valence-electron chi connectivity index (χ1n) is 3.82. The van der Waals surface area contributed by atoms with Crippen molar-refractivity contribution in [2.45, 2.75) is 25.5 Å². The lowest BCUT2D eigenvalue weighted by molar-refractivity contribution is 0.548. The Morgan fingerprint density at radius 2 is 2.08 bits per heavy atom. The van der Waals surface area contributed by atoms with E-state index in [-0.39, 0.29) is 12.3 Å². The summed E-state index contributed by atoms with van der Waals surface area (Å²) in [5.41, 5.74) is -0.266. The molecular weight excluding hydrogens is 191 g/mol. The van der Waals surface area contributed by atoms with E-state index in [4.69, 9.17) is 5.41 Å². The van der Waals surface area contributed by atoms with Crippen LogP contribution in [0, 0.1) is 5.41 Å². The summed E-state index contributed by atoms with van der Waals surface area (Å²) in [7, 11) is 0. The molecule has 0 aliphatic heterocycles. The fraction of sp³-hybridized carbons (Fsp3) is 0.625. The fourth-order valence-electron chi connectivity index (χ4n) is 0.450. The largest absolute Gasteiger partial charge is 0.598 e. The standard InChI is InChI=1S/C8H15FN2OS/c1-6(9)7(10)5-11-13(12)8(2,3)4/h10-11H,1,5H2,2-4H3. The maximum atomic E-state index is 12.3. The number of nitrogens with one attached hydrogen (secondary N) is 2. The first kappa shape index (κ1) is 12.6. The third-order valence-corrected chi connectivity index (χ3v) is 2.78. The van der Waals surface area contributed by atoms with E-state index in [1.807, 2.05) is 0 Å². The predicted octanol–water partition coefficient (Wildman–Crippen LogP) is 1.54. The number of rotatable bonds is 4. The molecule has 0 heterocycles. The molecule has 0 aromatic rings. The zero-order valence-electron chi connectivity index (χ0n) is 8.11. The van der Waals surface area contributed by atoms with Crippen molar-refractivity contribution in [2.75, 3.05) is 6.54 Å². The summed E-state index contributed by atoms with van der Waals surface area (Å²) < 4.78 is 25.8. The highest BCUT2D eigenvalue weighted by Crippen LogP contribution is 2.12. The van der Waals surface area contributed by atoms with Gasteiger partial charge in [0.1, 0.15) is 10.6 Å². The highest BCUT2D eigenvalue weighted by molar-refractivity contribution is 7.90. The van der Waals surface area contributed by atoms with Crippen molar-refractivity contribution in [1.82, 2.24) is 4.72 Å². The van der Waals surface area contributed by atoms with E-state index < -0.39 is 21.9 Å². The number of hydrogen-bond donors (Lipinski definition) is 2. The van der Waals surface area contributed by atoms with Crippen LogP contribution >= 0.6 is 0 Å². The smallest absolute Gasteiger partial charge is 0.138 e. The van der Waals surface area contributed by atoms with Gasteiger partial charge < -0.3 is 9.96 Å². The Kier molecular flexibility index (Phi) is 4.60. The molecule has 0 aromatic heterocycles. The van der Waals surface area contributed by atoms with Gasteiger partial charge in [0.15, 0.2) is 0 Å². The Hall–Kier alpha value is -0.390. The Bertz CT molecular complexity index is 213. The third kappa shape index (κ3) is 5.02. The molecule has 76 valence electrons. The monoisotopic (exact) mass is 206 g/mol. The molecule has 2 N–H and O–H groups in total. The molecule has 0 fully saturated rings. The molecule has 3 nitrogen and oxygen atoms in total. The molecule has 0 amide bonds. The molecule has 0 aromatic carbocycles.